The van der Waals surface area contributed by atoms with Crippen LogP contribution in [0.5, 0.6) is 11.5 Å². The Morgan fingerprint density at radius 2 is 1.88 bits per heavy atom. The van der Waals surface area contributed by atoms with Gasteiger partial charge in [0, 0.05) is 28.9 Å². The van der Waals surface area contributed by atoms with Gasteiger partial charge in [0.2, 0.25) is 17.8 Å². The van der Waals surface area contributed by atoms with Gasteiger partial charge >= 0.3 is 0 Å². The van der Waals surface area contributed by atoms with Gasteiger partial charge in [0.25, 0.3) is 5.56 Å². The van der Waals surface area contributed by atoms with Crippen LogP contribution in [0.25, 0.3) is 0 Å². The lowest BCUT2D eigenvalue weighted by atomic mass is 9.92. The largest absolute Gasteiger partial charge is 0.486 e. The van der Waals surface area contributed by atoms with Gasteiger partial charge in [0.05, 0.1) is 11.5 Å². The smallest absolute Gasteiger partial charge is 0.258 e. The molecule has 1 aromatic heterocycles. The number of H-pyrrole nitrogens is 1. The molecule has 0 spiro atoms. The van der Waals surface area contributed by atoms with Gasteiger partial charge in [0.1, 0.15) is 19.0 Å². The first-order valence-electron chi connectivity index (χ1n) is 10.1. The lowest BCUT2D eigenvalue weighted by molar-refractivity contribution is -0.123. The van der Waals surface area contributed by atoms with E-state index in [2.05, 4.69) is 25.9 Å². The molecule has 0 fully saturated rings. The molecular formula is C22H18ClN5O5. The maximum Gasteiger partial charge on any atom is 0.258 e. The van der Waals surface area contributed by atoms with Crippen LogP contribution in [0.2, 0.25) is 5.02 Å². The number of carbonyl (C=O) groups is 2. The average molecular weight is 468 g/mol. The van der Waals surface area contributed by atoms with Gasteiger partial charge < -0.3 is 25.4 Å². The Kier molecular flexibility index (Phi) is 5.35. The molecule has 1 atom stereocenters. The Balaban J connectivity index is 1.41. The van der Waals surface area contributed by atoms with E-state index in [1.165, 1.54) is 0 Å². The zero-order chi connectivity index (χ0) is 22.9. The second-order valence-corrected chi connectivity index (χ2v) is 7.90. The number of amides is 2. The third-order valence-electron chi connectivity index (χ3n) is 5.16. The van der Waals surface area contributed by atoms with Crippen LogP contribution >= 0.6 is 11.6 Å². The van der Waals surface area contributed by atoms with E-state index in [4.69, 9.17) is 21.1 Å². The summed E-state index contributed by atoms with van der Waals surface area (Å²) in [7, 11) is 0. The molecule has 0 bridgehead atoms. The molecule has 3 heterocycles. The second kappa shape index (κ2) is 8.47. The number of hydrogen-bond acceptors (Lipinski definition) is 7. The van der Waals surface area contributed by atoms with Crippen LogP contribution in [0.1, 0.15) is 17.9 Å². The van der Waals surface area contributed by atoms with E-state index in [0.29, 0.717) is 41.1 Å². The molecule has 10 nitrogen and oxygen atoms in total. The molecule has 2 amide bonds. The monoisotopic (exact) mass is 467 g/mol. The minimum Gasteiger partial charge on any atom is -0.486 e. The predicted molar refractivity (Wildman–Crippen MR) is 122 cm³/mol. The summed E-state index contributed by atoms with van der Waals surface area (Å²) in [5.41, 5.74) is 0.606. The van der Waals surface area contributed by atoms with Crippen molar-refractivity contribution in [2.75, 3.05) is 29.2 Å². The number of nitrogens with one attached hydrogen (secondary N) is 4. The van der Waals surface area contributed by atoms with Gasteiger partial charge in [-0.1, -0.05) is 17.7 Å². The van der Waals surface area contributed by atoms with E-state index in [-0.39, 0.29) is 23.8 Å². The molecule has 0 radical (unpaired) electrons. The maximum absolute atomic E-state index is 13.0. The standard InChI is InChI=1S/C22H18ClN5O5/c23-11-2-1-3-12(8-11)25-22-27-19-18(21(31)28-22)14(10-17(29)26-19)20(30)24-13-4-5-15-16(9-13)33-7-6-32-15/h1-5,8-9,14H,6-7,10H2,(H,24,30)(H3,25,26,27,28,29,31). The zero-order valence-electron chi connectivity index (χ0n) is 17.1. The first-order valence-corrected chi connectivity index (χ1v) is 10.5. The Morgan fingerprint density at radius 1 is 1.06 bits per heavy atom. The number of hydrogen-bond donors (Lipinski definition) is 4. The number of carbonyl (C=O) groups excluding carboxylic acids is 2. The van der Waals surface area contributed by atoms with Crippen molar-refractivity contribution >= 4 is 46.6 Å². The molecule has 0 saturated heterocycles. The van der Waals surface area contributed by atoms with E-state index < -0.39 is 23.3 Å². The quantitative estimate of drug-likeness (QED) is 0.463. The molecule has 2 aliphatic rings. The minimum absolute atomic E-state index is 0.0295. The molecule has 2 aliphatic heterocycles. The lowest BCUT2D eigenvalue weighted by Gasteiger charge is -2.24. The van der Waals surface area contributed by atoms with Crippen molar-refractivity contribution in [1.82, 2.24) is 9.97 Å². The number of ether oxygens (including phenoxy) is 2. The molecule has 1 unspecified atom stereocenters. The number of nitrogens with zero attached hydrogens (tertiary/aromatic N) is 1. The average Bonchev–Trinajstić information content (AvgIpc) is 2.78. The molecule has 0 saturated carbocycles. The van der Waals surface area contributed by atoms with Crippen LogP contribution in [0, 0.1) is 0 Å². The fourth-order valence-corrected chi connectivity index (χ4v) is 3.90. The van der Waals surface area contributed by atoms with E-state index >= 15 is 0 Å². The summed E-state index contributed by atoms with van der Waals surface area (Å²) < 4.78 is 11.0. The number of fused-ring (bicyclic) bond motifs is 2. The summed E-state index contributed by atoms with van der Waals surface area (Å²) in [4.78, 5) is 45.1. The highest BCUT2D eigenvalue weighted by molar-refractivity contribution is 6.30. The fraction of sp³-hybridized carbons (Fsp3) is 0.182. The van der Waals surface area contributed by atoms with Crippen LogP contribution in [-0.2, 0) is 9.59 Å². The first-order chi connectivity index (χ1) is 16.0. The van der Waals surface area contributed by atoms with Crippen LogP contribution in [0.4, 0.5) is 23.1 Å². The number of anilines is 4. The van der Waals surface area contributed by atoms with E-state index in [1.54, 1.807) is 42.5 Å². The van der Waals surface area contributed by atoms with Crippen molar-refractivity contribution in [2.24, 2.45) is 0 Å². The summed E-state index contributed by atoms with van der Waals surface area (Å²) in [6.45, 7) is 0.865. The fourth-order valence-electron chi connectivity index (χ4n) is 3.71. The first kappa shape index (κ1) is 20.8. The molecule has 0 aliphatic carbocycles. The van der Waals surface area contributed by atoms with Crippen molar-refractivity contribution in [2.45, 2.75) is 12.3 Å². The van der Waals surface area contributed by atoms with Gasteiger partial charge in [-0.2, -0.15) is 4.98 Å². The van der Waals surface area contributed by atoms with Crippen LogP contribution < -0.4 is 31.0 Å². The second-order valence-electron chi connectivity index (χ2n) is 7.46. The molecule has 33 heavy (non-hydrogen) atoms. The van der Waals surface area contributed by atoms with E-state index in [1.807, 2.05) is 0 Å². The third-order valence-corrected chi connectivity index (χ3v) is 5.40. The third kappa shape index (κ3) is 4.33. The predicted octanol–water partition coefficient (Wildman–Crippen LogP) is 3.00. The maximum atomic E-state index is 13.0. The SMILES string of the molecule is O=C1CC(C(=O)Nc2ccc3c(c2)OCCO3)c2c(nc(Nc3cccc(Cl)c3)[nH]c2=O)N1. The van der Waals surface area contributed by atoms with E-state index in [0.717, 1.165) is 0 Å². The Hall–Kier alpha value is -4.05. The van der Waals surface area contributed by atoms with Crippen molar-refractivity contribution in [3.05, 3.63) is 63.4 Å². The number of benzene rings is 2. The normalized spacial score (nSPS) is 16.4. The highest BCUT2D eigenvalue weighted by atomic mass is 35.5. The Morgan fingerprint density at radius 3 is 2.70 bits per heavy atom. The van der Waals surface area contributed by atoms with Crippen LogP contribution in [0.15, 0.2) is 47.3 Å². The highest BCUT2D eigenvalue weighted by Gasteiger charge is 2.35. The molecule has 4 N–H and O–H groups in total. The van der Waals surface area contributed by atoms with E-state index in [9.17, 15) is 14.4 Å². The summed E-state index contributed by atoms with van der Waals surface area (Å²) in [5.74, 6) is -0.712. The zero-order valence-corrected chi connectivity index (χ0v) is 17.9. The molecule has 3 aromatic rings. The summed E-state index contributed by atoms with van der Waals surface area (Å²) in [6, 6.07) is 11.8. The summed E-state index contributed by atoms with van der Waals surface area (Å²) in [5, 5.41) is 8.76. The summed E-state index contributed by atoms with van der Waals surface area (Å²) >= 11 is 5.99. The summed E-state index contributed by atoms with van der Waals surface area (Å²) in [6.07, 6.45) is -0.185. The van der Waals surface area contributed by atoms with Gasteiger partial charge in [-0.25, -0.2) is 0 Å². The van der Waals surface area contributed by atoms with Gasteiger partial charge in [-0.3, -0.25) is 19.4 Å². The molecule has 2 aromatic carbocycles. The van der Waals surface area contributed by atoms with Gasteiger partial charge in [-0.15, -0.1) is 0 Å². The molecule has 5 rings (SSSR count). The van der Waals surface area contributed by atoms with Crippen LogP contribution in [0.3, 0.4) is 0 Å². The minimum atomic E-state index is -1.02. The number of aromatic nitrogens is 2. The Bertz CT molecular complexity index is 1320. The molecular weight excluding hydrogens is 450 g/mol. The Labute approximate surface area is 192 Å². The van der Waals surface area contributed by atoms with Crippen molar-refractivity contribution in [3.63, 3.8) is 0 Å². The van der Waals surface area contributed by atoms with Crippen molar-refractivity contribution in [1.29, 1.82) is 0 Å². The number of aromatic amines is 1. The van der Waals surface area contributed by atoms with Crippen molar-refractivity contribution < 1.29 is 19.1 Å². The highest BCUT2D eigenvalue weighted by Crippen LogP contribution is 2.34. The number of rotatable bonds is 4. The lowest BCUT2D eigenvalue weighted by Crippen LogP contribution is -2.36. The topological polar surface area (TPSA) is 134 Å². The van der Waals surface area contributed by atoms with Gasteiger partial charge in [-0.05, 0) is 30.3 Å². The molecule has 168 valence electrons. The number of halogens is 1. The molecule has 11 heteroatoms. The van der Waals surface area contributed by atoms with Crippen LogP contribution in [-0.4, -0.2) is 35.0 Å². The van der Waals surface area contributed by atoms with Gasteiger partial charge in [0.15, 0.2) is 11.5 Å². The van der Waals surface area contributed by atoms with Crippen molar-refractivity contribution in [3.8, 4) is 11.5 Å².